The lowest BCUT2D eigenvalue weighted by Gasteiger charge is -2.07. The number of fused-ring (bicyclic) bond motifs is 1. The second kappa shape index (κ2) is 6.85. The number of nitrogens with zero attached hydrogens (tertiary/aromatic N) is 2. The highest BCUT2D eigenvalue weighted by molar-refractivity contribution is 7.16. The molecule has 0 unspecified atom stereocenters. The third-order valence-electron chi connectivity index (χ3n) is 3.67. The van der Waals surface area contributed by atoms with Crippen LogP contribution in [-0.4, -0.2) is 24.7 Å². The van der Waals surface area contributed by atoms with Crippen LogP contribution in [0.1, 0.15) is 10.4 Å². The van der Waals surface area contributed by atoms with Crippen molar-refractivity contribution in [2.24, 2.45) is 12.0 Å². The summed E-state index contributed by atoms with van der Waals surface area (Å²) in [5.74, 6) is 0.137. The van der Waals surface area contributed by atoms with Gasteiger partial charge in [0.15, 0.2) is 16.3 Å². The van der Waals surface area contributed by atoms with E-state index < -0.39 is 11.7 Å². The van der Waals surface area contributed by atoms with Crippen LogP contribution in [0.2, 0.25) is 5.02 Å². The molecule has 1 amide bonds. The minimum Gasteiger partial charge on any atom is -0.493 e. The fourth-order valence-electron chi connectivity index (χ4n) is 2.37. The molecule has 0 atom stereocenters. The van der Waals surface area contributed by atoms with Gasteiger partial charge in [-0.2, -0.15) is 4.99 Å². The molecule has 3 rings (SSSR count). The summed E-state index contributed by atoms with van der Waals surface area (Å²) in [6.07, 6.45) is 0. The number of benzene rings is 2. The van der Waals surface area contributed by atoms with Crippen molar-refractivity contribution in [2.45, 2.75) is 0 Å². The van der Waals surface area contributed by atoms with E-state index in [-0.39, 0.29) is 10.6 Å². The van der Waals surface area contributed by atoms with E-state index in [0.717, 1.165) is 16.3 Å². The Morgan fingerprint density at radius 2 is 1.88 bits per heavy atom. The molecule has 8 heteroatoms. The number of rotatable bonds is 3. The lowest BCUT2D eigenvalue weighted by Crippen LogP contribution is -2.13. The average molecular weight is 381 g/mol. The SMILES string of the molecule is COc1cc2sc(=NC(=O)c3ccc(F)cc3Cl)n(C)c2cc1OC. The molecule has 2 aromatic carbocycles. The first-order valence-corrected chi connectivity index (χ1v) is 8.39. The molecule has 0 aliphatic heterocycles. The zero-order valence-electron chi connectivity index (χ0n) is 13.7. The Bertz CT molecular complexity index is 1040. The molecule has 0 aliphatic rings. The summed E-state index contributed by atoms with van der Waals surface area (Å²) in [6.45, 7) is 0. The van der Waals surface area contributed by atoms with Gasteiger partial charge in [0.1, 0.15) is 5.82 Å². The number of thiazole rings is 1. The van der Waals surface area contributed by atoms with Crippen LogP contribution in [0, 0.1) is 5.82 Å². The van der Waals surface area contributed by atoms with Crippen LogP contribution in [-0.2, 0) is 7.05 Å². The van der Waals surface area contributed by atoms with Crippen molar-refractivity contribution in [1.29, 1.82) is 0 Å². The smallest absolute Gasteiger partial charge is 0.281 e. The minimum absolute atomic E-state index is 0.0286. The third kappa shape index (κ3) is 3.25. The summed E-state index contributed by atoms with van der Waals surface area (Å²) in [4.78, 5) is 17.0. The van der Waals surface area contributed by atoms with Gasteiger partial charge in [0.05, 0.1) is 35.0 Å². The predicted octanol–water partition coefficient (Wildman–Crippen LogP) is 3.79. The van der Waals surface area contributed by atoms with Crippen LogP contribution in [0.4, 0.5) is 4.39 Å². The molecule has 0 fully saturated rings. The van der Waals surface area contributed by atoms with Gasteiger partial charge in [0.2, 0.25) is 0 Å². The highest BCUT2D eigenvalue weighted by Gasteiger charge is 2.13. The van der Waals surface area contributed by atoms with Crippen LogP contribution in [0.25, 0.3) is 10.2 Å². The highest BCUT2D eigenvalue weighted by Crippen LogP contribution is 2.33. The van der Waals surface area contributed by atoms with Crippen LogP contribution in [0.5, 0.6) is 11.5 Å². The lowest BCUT2D eigenvalue weighted by molar-refractivity contribution is 0.0998. The number of amides is 1. The van der Waals surface area contributed by atoms with E-state index in [1.807, 2.05) is 12.1 Å². The summed E-state index contributed by atoms with van der Waals surface area (Å²) >= 11 is 7.26. The Balaban J connectivity index is 2.13. The maximum absolute atomic E-state index is 13.1. The fourth-order valence-corrected chi connectivity index (χ4v) is 3.65. The van der Waals surface area contributed by atoms with E-state index in [4.69, 9.17) is 21.1 Å². The van der Waals surface area contributed by atoms with Gasteiger partial charge in [-0.1, -0.05) is 22.9 Å². The maximum Gasteiger partial charge on any atom is 0.281 e. The van der Waals surface area contributed by atoms with Gasteiger partial charge in [0.25, 0.3) is 5.91 Å². The number of aryl methyl sites for hydroxylation is 1. The molecule has 3 aromatic rings. The van der Waals surface area contributed by atoms with Gasteiger partial charge in [-0.3, -0.25) is 4.79 Å². The van der Waals surface area contributed by atoms with Crippen molar-refractivity contribution in [3.8, 4) is 11.5 Å². The maximum atomic E-state index is 13.1. The number of ether oxygens (including phenoxy) is 2. The van der Waals surface area contributed by atoms with E-state index in [1.54, 1.807) is 25.8 Å². The molecule has 0 radical (unpaired) electrons. The Hall–Kier alpha value is -2.38. The van der Waals surface area contributed by atoms with Gasteiger partial charge in [-0.05, 0) is 18.2 Å². The monoisotopic (exact) mass is 380 g/mol. The molecule has 25 heavy (non-hydrogen) atoms. The average Bonchev–Trinajstić information content (AvgIpc) is 2.88. The number of carbonyl (C=O) groups excluding carboxylic acids is 1. The Morgan fingerprint density at radius 1 is 1.20 bits per heavy atom. The summed E-state index contributed by atoms with van der Waals surface area (Å²) in [5, 5.41) is 0.0286. The molecule has 130 valence electrons. The zero-order chi connectivity index (χ0) is 18.1. The Morgan fingerprint density at radius 3 is 2.52 bits per heavy atom. The molecule has 0 bridgehead atoms. The first-order chi connectivity index (χ1) is 11.9. The molecule has 0 saturated carbocycles. The summed E-state index contributed by atoms with van der Waals surface area (Å²) in [6, 6.07) is 7.23. The van der Waals surface area contributed by atoms with Crippen LogP contribution in [0.15, 0.2) is 35.3 Å². The topological polar surface area (TPSA) is 52.8 Å². The van der Waals surface area contributed by atoms with E-state index >= 15 is 0 Å². The summed E-state index contributed by atoms with van der Waals surface area (Å²) < 4.78 is 26.4. The van der Waals surface area contributed by atoms with Gasteiger partial charge in [-0.15, -0.1) is 0 Å². The number of carbonyl (C=O) groups is 1. The molecule has 0 aliphatic carbocycles. The third-order valence-corrected chi connectivity index (χ3v) is 5.08. The van der Waals surface area contributed by atoms with Crippen LogP contribution < -0.4 is 14.3 Å². The number of halogens is 2. The van der Waals surface area contributed by atoms with Gasteiger partial charge in [-0.25, -0.2) is 4.39 Å². The molecule has 1 heterocycles. The fraction of sp³-hybridized carbons (Fsp3) is 0.176. The zero-order valence-corrected chi connectivity index (χ0v) is 15.2. The normalized spacial score (nSPS) is 11.8. The molecule has 5 nitrogen and oxygen atoms in total. The van der Waals surface area contributed by atoms with Crippen LogP contribution in [0.3, 0.4) is 0 Å². The highest BCUT2D eigenvalue weighted by atomic mass is 35.5. The molecular weight excluding hydrogens is 367 g/mol. The van der Waals surface area contributed by atoms with E-state index in [1.165, 1.54) is 23.5 Å². The minimum atomic E-state index is -0.536. The van der Waals surface area contributed by atoms with Crippen molar-refractivity contribution in [2.75, 3.05) is 14.2 Å². The number of hydrogen-bond donors (Lipinski definition) is 0. The predicted molar refractivity (Wildman–Crippen MR) is 95.2 cm³/mol. The molecule has 0 saturated heterocycles. The summed E-state index contributed by atoms with van der Waals surface area (Å²) in [7, 11) is 4.91. The number of aromatic nitrogens is 1. The van der Waals surface area contributed by atoms with Crippen molar-refractivity contribution >= 4 is 39.1 Å². The van der Waals surface area contributed by atoms with Crippen molar-refractivity contribution in [3.63, 3.8) is 0 Å². The van der Waals surface area contributed by atoms with Crippen molar-refractivity contribution < 1.29 is 18.7 Å². The molecule has 1 aromatic heterocycles. The number of hydrogen-bond acceptors (Lipinski definition) is 4. The van der Waals surface area contributed by atoms with Gasteiger partial charge >= 0.3 is 0 Å². The largest absolute Gasteiger partial charge is 0.493 e. The Labute approximate surface area is 151 Å². The quantitative estimate of drug-likeness (QED) is 0.694. The van der Waals surface area contributed by atoms with E-state index in [2.05, 4.69) is 4.99 Å². The molecule has 0 N–H and O–H groups in total. The van der Waals surface area contributed by atoms with E-state index in [9.17, 15) is 9.18 Å². The molecular formula is C17H14ClFN2O3S. The second-order valence-electron chi connectivity index (χ2n) is 5.16. The van der Waals surface area contributed by atoms with Gasteiger partial charge < -0.3 is 14.0 Å². The van der Waals surface area contributed by atoms with E-state index in [0.29, 0.717) is 16.3 Å². The van der Waals surface area contributed by atoms with Crippen molar-refractivity contribution in [1.82, 2.24) is 4.57 Å². The number of methoxy groups -OCH3 is 2. The standard InChI is InChI=1S/C17H14ClFN2O3S/c1-21-12-7-13(23-2)14(24-3)8-15(12)25-17(21)20-16(22)10-5-4-9(19)6-11(10)18/h4-8H,1-3H3. The van der Waals surface area contributed by atoms with Gasteiger partial charge in [0, 0.05) is 19.2 Å². The first-order valence-electron chi connectivity index (χ1n) is 7.20. The lowest BCUT2D eigenvalue weighted by atomic mass is 10.2. The summed E-state index contributed by atoms with van der Waals surface area (Å²) in [5.41, 5.74) is 0.995. The van der Waals surface area contributed by atoms with Crippen molar-refractivity contribution in [3.05, 3.63) is 51.5 Å². The Kier molecular flexibility index (Phi) is 4.78. The first kappa shape index (κ1) is 17.4. The van der Waals surface area contributed by atoms with Crippen LogP contribution >= 0.6 is 22.9 Å². The second-order valence-corrected chi connectivity index (χ2v) is 6.58. The molecule has 0 spiro atoms.